The molecule has 10 heavy (non-hydrogen) atoms. The zero-order valence-electron chi connectivity index (χ0n) is 5.04. The molecule has 0 radical (unpaired) electrons. The van der Waals surface area contributed by atoms with E-state index in [0.717, 1.165) is 0 Å². The summed E-state index contributed by atoms with van der Waals surface area (Å²) >= 11 is 1.92. The summed E-state index contributed by atoms with van der Waals surface area (Å²) in [4.78, 5) is 0. The summed E-state index contributed by atoms with van der Waals surface area (Å²) in [6, 6.07) is 5.23. The molecule has 1 unspecified atom stereocenters. The summed E-state index contributed by atoms with van der Waals surface area (Å²) in [5, 5.41) is 8.52. The van der Waals surface area contributed by atoms with Crippen LogP contribution in [0.25, 0.3) is 0 Å². The standard InChI is InChI=1S/C6H5IN2O/c7-9-5(4-8)6-2-1-3-10-6/h1-3,5,9H. The van der Waals surface area contributed by atoms with Crippen LogP contribution in [0.1, 0.15) is 11.8 Å². The van der Waals surface area contributed by atoms with Gasteiger partial charge >= 0.3 is 0 Å². The molecule has 1 aromatic heterocycles. The van der Waals surface area contributed by atoms with E-state index in [-0.39, 0.29) is 6.04 Å². The topological polar surface area (TPSA) is 49.0 Å². The first-order valence-electron chi connectivity index (χ1n) is 2.67. The van der Waals surface area contributed by atoms with Crippen LogP contribution in [0, 0.1) is 11.3 Å². The molecular formula is C6H5IN2O. The van der Waals surface area contributed by atoms with Crippen molar-refractivity contribution < 1.29 is 4.42 Å². The van der Waals surface area contributed by atoms with Gasteiger partial charge in [-0.15, -0.1) is 0 Å². The molecule has 1 atom stereocenters. The van der Waals surface area contributed by atoms with Crippen molar-refractivity contribution in [2.45, 2.75) is 6.04 Å². The average Bonchev–Trinajstić information content (AvgIpc) is 2.43. The van der Waals surface area contributed by atoms with Crippen LogP contribution >= 0.6 is 22.9 Å². The predicted octanol–water partition coefficient (Wildman–Crippen LogP) is 1.78. The lowest BCUT2D eigenvalue weighted by molar-refractivity contribution is 0.492. The number of nitriles is 1. The normalized spacial score (nSPS) is 12.4. The lowest BCUT2D eigenvalue weighted by atomic mass is 10.3. The lowest BCUT2D eigenvalue weighted by Gasteiger charge is -1.99. The first kappa shape index (κ1) is 7.57. The van der Waals surface area contributed by atoms with E-state index in [1.807, 2.05) is 28.9 Å². The quantitative estimate of drug-likeness (QED) is 0.641. The molecule has 4 heteroatoms. The molecular weight excluding hydrogens is 243 g/mol. The molecule has 0 spiro atoms. The van der Waals surface area contributed by atoms with Crippen LogP contribution in [-0.4, -0.2) is 0 Å². The second-order valence-electron chi connectivity index (χ2n) is 1.69. The summed E-state index contributed by atoms with van der Waals surface area (Å²) in [7, 11) is 0. The fraction of sp³-hybridized carbons (Fsp3) is 0.167. The summed E-state index contributed by atoms with van der Waals surface area (Å²) in [6.45, 7) is 0. The Labute approximate surface area is 72.5 Å². The number of hydrogen-bond donors (Lipinski definition) is 1. The Morgan fingerprint density at radius 3 is 3.00 bits per heavy atom. The third-order valence-corrected chi connectivity index (χ3v) is 1.69. The Hall–Kier alpha value is -0.540. The largest absolute Gasteiger partial charge is 0.467 e. The smallest absolute Gasteiger partial charge is 0.162 e. The van der Waals surface area contributed by atoms with Gasteiger partial charge in [0.05, 0.1) is 12.3 Å². The van der Waals surface area contributed by atoms with Gasteiger partial charge in [0, 0.05) is 22.9 Å². The minimum atomic E-state index is -0.337. The van der Waals surface area contributed by atoms with E-state index in [0.29, 0.717) is 5.76 Å². The van der Waals surface area contributed by atoms with Crippen LogP contribution < -0.4 is 3.53 Å². The highest BCUT2D eigenvalue weighted by molar-refractivity contribution is 14.1. The molecule has 3 nitrogen and oxygen atoms in total. The average molecular weight is 248 g/mol. The van der Waals surface area contributed by atoms with E-state index in [2.05, 4.69) is 3.53 Å². The molecule has 0 aromatic carbocycles. The second-order valence-corrected chi connectivity index (χ2v) is 2.31. The summed E-state index contributed by atoms with van der Waals surface area (Å²) in [5.41, 5.74) is 0. The zero-order chi connectivity index (χ0) is 7.40. The molecule has 1 heterocycles. The Kier molecular flexibility index (Phi) is 2.71. The van der Waals surface area contributed by atoms with Gasteiger partial charge in [0.2, 0.25) is 0 Å². The molecule has 0 amide bonds. The molecule has 0 aliphatic heterocycles. The third kappa shape index (κ3) is 1.49. The van der Waals surface area contributed by atoms with Crippen LogP contribution in [-0.2, 0) is 0 Å². The SMILES string of the molecule is N#CC(NI)c1ccco1. The third-order valence-electron chi connectivity index (χ3n) is 1.07. The first-order chi connectivity index (χ1) is 4.88. The van der Waals surface area contributed by atoms with Crippen molar-refractivity contribution in [3.63, 3.8) is 0 Å². The van der Waals surface area contributed by atoms with E-state index < -0.39 is 0 Å². The molecule has 0 aliphatic rings. The van der Waals surface area contributed by atoms with Crippen LogP contribution in [0.15, 0.2) is 22.8 Å². The van der Waals surface area contributed by atoms with E-state index in [9.17, 15) is 0 Å². The Bertz CT molecular complexity index is 226. The molecule has 1 N–H and O–H groups in total. The Morgan fingerprint density at radius 1 is 1.80 bits per heavy atom. The molecule has 1 aromatic rings. The van der Waals surface area contributed by atoms with Gasteiger partial charge in [0.15, 0.2) is 6.04 Å². The number of hydrogen-bond acceptors (Lipinski definition) is 3. The highest BCUT2D eigenvalue weighted by Gasteiger charge is 2.09. The molecule has 0 saturated heterocycles. The van der Waals surface area contributed by atoms with Crippen LogP contribution in [0.2, 0.25) is 0 Å². The van der Waals surface area contributed by atoms with Crippen molar-refractivity contribution in [1.82, 2.24) is 3.53 Å². The molecule has 52 valence electrons. The maximum absolute atomic E-state index is 8.52. The Morgan fingerprint density at radius 2 is 2.60 bits per heavy atom. The van der Waals surface area contributed by atoms with Gasteiger partial charge in [0.1, 0.15) is 5.76 Å². The summed E-state index contributed by atoms with van der Waals surface area (Å²) in [5.74, 6) is 0.650. The predicted molar refractivity (Wildman–Crippen MR) is 44.2 cm³/mol. The van der Waals surface area contributed by atoms with E-state index in [1.165, 1.54) is 0 Å². The number of halogens is 1. The van der Waals surface area contributed by atoms with Crippen molar-refractivity contribution in [2.24, 2.45) is 0 Å². The van der Waals surface area contributed by atoms with Gasteiger partial charge in [-0.2, -0.15) is 5.26 Å². The molecule has 1 rings (SSSR count). The maximum Gasteiger partial charge on any atom is 0.162 e. The van der Waals surface area contributed by atoms with Gasteiger partial charge in [-0.25, -0.2) is 3.53 Å². The summed E-state index contributed by atoms with van der Waals surface area (Å²) < 4.78 is 7.76. The van der Waals surface area contributed by atoms with Crippen molar-refractivity contribution in [1.29, 1.82) is 5.26 Å². The first-order valence-corrected chi connectivity index (χ1v) is 3.75. The van der Waals surface area contributed by atoms with Crippen LogP contribution in [0.4, 0.5) is 0 Å². The highest BCUT2D eigenvalue weighted by atomic mass is 127. The van der Waals surface area contributed by atoms with Crippen molar-refractivity contribution in [3.8, 4) is 6.07 Å². The van der Waals surface area contributed by atoms with Crippen molar-refractivity contribution >= 4 is 22.9 Å². The van der Waals surface area contributed by atoms with Crippen molar-refractivity contribution in [3.05, 3.63) is 24.2 Å². The number of furan rings is 1. The van der Waals surface area contributed by atoms with E-state index in [4.69, 9.17) is 9.68 Å². The number of rotatable bonds is 2. The van der Waals surface area contributed by atoms with Crippen LogP contribution in [0.3, 0.4) is 0 Å². The number of nitrogens with zero attached hydrogens (tertiary/aromatic N) is 1. The molecule has 0 fully saturated rings. The van der Waals surface area contributed by atoms with E-state index >= 15 is 0 Å². The van der Waals surface area contributed by atoms with Gasteiger partial charge < -0.3 is 4.42 Å². The fourth-order valence-electron chi connectivity index (χ4n) is 0.597. The van der Waals surface area contributed by atoms with Gasteiger partial charge in [0.25, 0.3) is 0 Å². The molecule has 0 saturated carbocycles. The lowest BCUT2D eigenvalue weighted by Crippen LogP contribution is -2.06. The van der Waals surface area contributed by atoms with Gasteiger partial charge in [-0.3, -0.25) is 0 Å². The molecule has 0 bridgehead atoms. The monoisotopic (exact) mass is 248 g/mol. The van der Waals surface area contributed by atoms with Crippen molar-refractivity contribution in [2.75, 3.05) is 0 Å². The second kappa shape index (κ2) is 3.58. The van der Waals surface area contributed by atoms with Gasteiger partial charge in [-0.05, 0) is 12.1 Å². The maximum atomic E-state index is 8.52. The molecule has 0 aliphatic carbocycles. The summed E-state index contributed by atoms with van der Waals surface area (Å²) in [6.07, 6.45) is 1.55. The minimum Gasteiger partial charge on any atom is -0.467 e. The minimum absolute atomic E-state index is 0.337. The zero-order valence-corrected chi connectivity index (χ0v) is 7.20. The van der Waals surface area contributed by atoms with E-state index in [1.54, 1.807) is 18.4 Å². The fourth-order valence-corrected chi connectivity index (χ4v) is 1.04. The number of nitrogens with one attached hydrogen (secondary N) is 1. The highest BCUT2D eigenvalue weighted by Crippen LogP contribution is 2.12. The van der Waals surface area contributed by atoms with Gasteiger partial charge in [-0.1, -0.05) is 0 Å². The van der Waals surface area contributed by atoms with Crippen LogP contribution in [0.5, 0.6) is 0 Å². The Balaban J connectivity index is 2.76.